The minimum Gasteiger partial charge on any atom is -0.497 e. The Kier molecular flexibility index (Phi) is 9.86. The van der Waals surface area contributed by atoms with Crippen molar-refractivity contribution in [3.05, 3.63) is 59.7 Å². The number of methoxy groups -OCH3 is 1. The van der Waals surface area contributed by atoms with Gasteiger partial charge in [0.15, 0.2) is 5.96 Å². The predicted molar refractivity (Wildman–Crippen MR) is 149 cm³/mol. The van der Waals surface area contributed by atoms with Crippen LogP contribution in [0.5, 0.6) is 5.75 Å². The number of anilines is 1. The Morgan fingerprint density at radius 1 is 0.882 bits per heavy atom. The van der Waals surface area contributed by atoms with E-state index in [9.17, 15) is 4.79 Å². The first-order chi connectivity index (χ1) is 16.2. The molecule has 0 spiro atoms. The maximum absolute atomic E-state index is 12.7. The number of ether oxygens (including phenoxy) is 1. The summed E-state index contributed by atoms with van der Waals surface area (Å²) in [6, 6.07) is 16.2. The number of nitrogens with one attached hydrogen (secondary N) is 1. The van der Waals surface area contributed by atoms with E-state index in [-0.39, 0.29) is 29.9 Å². The molecule has 184 valence electrons. The number of amides is 1. The van der Waals surface area contributed by atoms with Gasteiger partial charge in [0, 0.05) is 64.1 Å². The zero-order valence-corrected chi connectivity index (χ0v) is 22.5. The molecule has 0 unspecified atom stereocenters. The Labute approximate surface area is 220 Å². The number of piperidine rings is 1. The summed E-state index contributed by atoms with van der Waals surface area (Å²) in [5.41, 5.74) is 3.14. The molecular formula is C26H36IN5O2. The molecule has 0 saturated carbocycles. The molecular weight excluding hydrogens is 541 g/mol. The summed E-state index contributed by atoms with van der Waals surface area (Å²) in [6.45, 7) is 6.16. The number of guanidine groups is 1. The quantitative estimate of drug-likeness (QED) is 0.333. The molecule has 2 aliphatic heterocycles. The minimum atomic E-state index is 0. The number of aliphatic imine (C=N–C) groups is 1. The smallest absolute Gasteiger partial charge is 0.253 e. The van der Waals surface area contributed by atoms with Crippen molar-refractivity contribution in [1.29, 1.82) is 0 Å². The number of halogens is 1. The number of hydrogen-bond donors (Lipinski definition) is 1. The van der Waals surface area contributed by atoms with E-state index in [2.05, 4.69) is 32.2 Å². The fraction of sp³-hybridized carbons (Fsp3) is 0.462. The lowest BCUT2D eigenvalue weighted by Crippen LogP contribution is -2.52. The molecule has 0 aliphatic carbocycles. The number of carbonyl (C=O) groups is 1. The van der Waals surface area contributed by atoms with Crippen LogP contribution in [0.25, 0.3) is 0 Å². The van der Waals surface area contributed by atoms with Gasteiger partial charge in [-0.05, 0) is 61.2 Å². The molecule has 2 aliphatic rings. The lowest BCUT2D eigenvalue weighted by Gasteiger charge is -2.37. The average Bonchev–Trinajstić information content (AvgIpc) is 2.90. The van der Waals surface area contributed by atoms with Crippen LogP contribution in [0.15, 0.2) is 53.5 Å². The molecule has 4 rings (SSSR count). The van der Waals surface area contributed by atoms with Gasteiger partial charge in [-0.25, -0.2) is 0 Å². The van der Waals surface area contributed by atoms with Crippen LogP contribution in [0.1, 0.15) is 35.2 Å². The first kappa shape index (κ1) is 26.1. The van der Waals surface area contributed by atoms with Gasteiger partial charge in [0.1, 0.15) is 5.75 Å². The van der Waals surface area contributed by atoms with Gasteiger partial charge in [0.05, 0.1) is 7.11 Å². The van der Waals surface area contributed by atoms with Gasteiger partial charge < -0.3 is 24.8 Å². The second-order valence-electron chi connectivity index (χ2n) is 8.62. The summed E-state index contributed by atoms with van der Waals surface area (Å²) in [5.74, 6) is 1.95. The maximum Gasteiger partial charge on any atom is 0.253 e. The molecule has 2 aromatic carbocycles. The van der Waals surface area contributed by atoms with E-state index >= 15 is 0 Å². The van der Waals surface area contributed by atoms with E-state index in [1.807, 2.05) is 48.3 Å². The van der Waals surface area contributed by atoms with Crippen LogP contribution in [0.4, 0.5) is 5.69 Å². The van der Waals surface area contributed by atoms with Crippen molar-refractivity contribution in [3.8, 4) is 5.75 Å². The Balaban J connectivity index is 0.00000324. The Hall–Kier alpha value is -2.49. The van der Waals surface area contributed by atoms with E-state index in [0.717, 1.165) is 74.9 Å². The predicted octanol–water partition coefficient (Wildman–Crippen LogP) is 3.84. The van der Waals surface area contributed by atoms with Crippen LogP contribution in [0.3, 0.4) is 0 Å². The average molecular weight is 578 g/mol. The standard InChI is InChI=1S/C26H35N5O2.HI/c1-27-26(31-18-16-29(17-19-31)23-10-12-24(33-2)13-11-23)28-20-21-6-8-22(9-7-21)25(32)30-14-4-3-5-15-30;/h6-13H,3-5,14-20H2,1-2H3,(H,27,28);1H. The topological polar surface area (TPSA) is 60.4 Å². The van der Waals surface area contributed by atoms with Gasteiger partial charge in [-0.1, -0.05) is 12.1 Å². The molecule has 8 heteroatoms. The molecule has 0 atom stereocenters. The summed E-state index contributed by atoms with van der Waals surface area (Å²) in [7, 11) is 3.52. The molecule has 2 aromatic rings. The van der Waals surface area contributed by atoms with E-state index in [1.54, 1.807) is 7.11 Å². The van der Waals surface area contributed by atoms with Crippen molar-refractivity contribution in [1.82, 2.24) is 15.1 Å². The van der Waals surface area contributed by atoms with Crippen LogP contribution in [-0.2, 0) is 6.54 Å². The van der Waals surface area contributed by atoms with Crippen molar-refractivity contribution >= 4 is 41.5 Å². The number of benzene rings is 2. The molecule has 2 fully saturated rings. The van der Waals surface area contributed by atoms with E-state index < -0.39 is 0 Å². The molecule has 0 bridgehead atoms. The Morgan fingerprint density at radius 2 is 1.53 bits per heavy atom. The molecule has 1 N–H and O–H groups in total. The second kappa shape index (κ2) is 12.8. The summed E-state index contributed by atoms with van der Waals surface area (Å²) in [4.78, 5) is 23.8. The maximum atomic E-state index is 12.7. The Bertz CT molecular complexity index is 935. The van der Waals surface area contributed by atoms with Gasteiger partial charge in [-0.3, -0.25) is 9.79 Å². The zero-order valence-electron chi connectivity index (χ0n) is 20.2. The van der Waals surface area contributed by atoms with Gasteiger partial charge in [0.25, 0.3) is 5.91 Å². The van der Waals surface area contributed by atoms with Crippen LogP contribution in [0.2, 0.25) is 0 Å². The minimum absolute atomic E-state index is 0. The van der Waals surface area contributed by atoms with Crippen LogP contribution < -0.4 is 15.0 Å². The number of piperazine rings is 1. The van der Waals surface area contributed by atoms with Gasteiger partial charge in [0.2, 0.25) is 0 Å². The van der Waals surface area contributed by atoms with Gasteiger partial charge >= 0.3 is 0 Å². The normalized spacial score (nSPS) is 16.6. The third-order valence-electron chi connectivity index (χ3n) is 6.52. The second-order valence-corrected chi connectivity index (χ2v) is 8.62. The third kappa shape index (κ3) is 6.55. The highest BCUT2D eigenvalue weighted by Crippen LogP contribution is 2.20. The van der Waals surface area contributed by atoms with Crippen molar-refractivity contribution in [2.24, 2.45) is 4.99 Å². The largest absolute Gasteiger partial charge is 0.497 e. The van der Waals surface area contributed by atoms with Crippen molar-refractivity contribution in [2.45, 2.75) is 25.8 Å². The molecule has 34 heavy (non-hydrogen) atoms. The van der Waals surface area contributed by atoms with Crippen LogP contribution >= 0.6 is 24.0 Å². The Morgan fingerprint density at radius 3 is 2.12 bits per heavy atom. The van der Waals surface area contributed by atoms with Crippen LogP contribution in [0, 0.1) is 0 Å². The summed E-state index contributed by atoms with van der Waals surface area (Å²) < 4.78 is 5.26. The highest BCUT2D eigenvalue weighted by atomic mass is 127. The highest BCUT2D eigenvalue weighted by molar-refractivity contribution is 14.0. The first-order valence-electron chi connectivity index (χ1n) is 11.9. The first-order valence-corrected chi connectivity index (χ1v) is 11.9. The molecule has 2 heterocycles. The van der Waals surface area contributed by atoms with Crippen molar-refractivity contribution in [3.63, 3.8) is 0 Å². The summed E-state index contributed by atoms with van der Waals surface area (Å²) >= 11 is 0. The molecule has 2 saturated heterocycles. The van der Waals surface area contributed by atoms with Gasteiger partial charge in [-0.2, -0.15) is 0 Å². The molecule has 0 radical (unpaired) electrons. The fourth-order valence-electron chi connectivity index (χ4n) is 4.53. The summed E-state index contributed by atoms with van der Waals surface area (Å²) in [5, 5.41) is 3.48. The molecule has 0 aromatic heterocycles. The van der Waals surface area contributed by atoms with E-state index in [4.69, 9.17) is 4.74 Å². The highest BCUT2D eigenvalue weighted by Gasteiger charge is 2.20. The third-order valence-corrected chi connectivity index (χ3v) is 6.52. The summed E-state index contributed by atoms with van der Waals surface area (Å²) in [6.07, 6.45) is 3.45. The van der Waals surface area contributed by atoms with Crippen molar-refractivity contribution in [2.75, 3.05) is 58.3 Å². The SMILES string of the molecule is CN=C(NCc1ccc(C(=O)N2CCCCC2)cc1)N1CCN(c2ccc(OC)cc2)CC1.I. The van der Waals surface area contributed by atoms with Crippen LogP contribution in [-0.4, -0.2) is 75.1 Å². The number of rotatable bonds is 5. The molecule has 1 amide bonds. The zero-order chi connectivity index (χ0) is 23.0. The number of likely N-dealkylation sites (tertiary alicyclic amines) is 1. The number of nitrogens with zero attached hydrogens (tertiary/aromatic N) is 4. The number of hydrogen-bond acceptors (Lipinski definition) is 4. The monoisotopic (exact) mass is 577 g/mol. The fourth-order valence-corrected chi connectivity index (χ4v) is 4.53. The van der Waals surface area contributed by atoms with E-state index in [0.29, 0.717) is 6.54 Å². The lowest BCUT2D eigenvalue weighted by atomic mass is 10.1. The van der Waals surface area contributed by atoms with Gasteiger partial charge in [-0.15, -0.1) is 24.0 Å². The van der Waals surface area contributed by atoms with E-state index in [1.165, 1.54) is 12.1 Å². The lowest BCUT2D eigenvalue weighted by molar-refractivity contribution is 0.0724. The number of carbonyl (C=O) groups excluding carboxylic acids is 1. The van der Waals surface area contributed by atoms with Crippen molar-refractivity contribution < 1.29 is 9.53 Å². The molecule has 7 nitrogen and oxygen atoms in total.